The molecule has 1 rings (SSSR count). The molecule has 30 heavy (non-hydrogen) atoms. The average molecular weight is 450 g/mol. The Morgan fingerprint density at radius 2 is 1.30 bits per heavy atom. The van der Waals surface area contributed by atoms with Gasteiger partial charge in [0.2, 0.25) is 0 Å². The molecule has 0 aromatic heterocycles. The van der Waals surface area contributed by atoms with E-state index in [1.807, 2.05) is 30.3 Å². The SMILES string of the molecule is CS(=O)(=O)OCCOCCOCCOCCOCCNC(=O)OCc1ccccc1. The molecule has 172 valence electrons. The van der Waals surface area contributed by atoms with Gasteiger partial charge in [0.05, 0.1) is 65.7 Å². The number of carbonyl (C=O) groups is 1. The van der Waals surface area contributed by atoms with Crippen molar-refractivity contribution in [1.82, 2.24) is 5.32 Å². The maximum atomic E-state index is 11.5. The molecule has 0 aliphatic heterocycles. The van der Waals surface area contributed by atoms with Crippen molar-refractivity contribution in [3.05, 3.63) is 35.9 Å². The van der Waals surface area contributed by atoms with E-state index in [0.29, 0.717) is 52.8 Å². The molecule has 0 heterocycles. The first-order valence-electron chi connectivity index (χ1n) is 9.57. The van der Waals surface area contributed by atoms with Crippen LogP contribution in [0.1, 0.15) is 5.56 Å². The van der Waals surface area contributed by atoms with Gasteiger partial charge in [0.1, 0.15) is 6.61 Å². The summed E-state index contributed by atoms with van der Waals surface area (Å²) in [5.41, 5.74) is 0.928. The van der Waals surface area contributed by atoms with E-state index in [4.69, 9.17) is 23.7 Å². The van der Waals surface area contributed by atoms with Crippen LogP contribution in [0.15, 0.2) is 30.3 Å². The number of ether oxygens (including phenoxy) is 5. The van der Waals surface area contributed by atoms with Crippen molar-refractivity contribution in [2.45, 2.75) is 6.61 Å². The Labute approximate surface area is 177 Å². The lowest BCUT2D eigenvalue weighted by molar-refractivity contribution is -0.00406. The summed E-state index contributed by atoms with van der Waals surface area (Å²) in [6.07, 6.45) is 0.505. The number of nitrogens with one attached hydrogen (secondary N) is 1. The van der Waals surface area contributed by atoms with Gasteiger partial charge in [0.15, 0.2) is 0 Å². The van der Waals surface area contributed by atoms with Gasteiger partial charge in [-0.2, -0.15) is 8.42 Å². The topological polar surface area (TPSA) is 119 Å². The molecule has 1 amide bonds. The fraction of sp³-hybridized carbons (Fsp3) is 0.632. The fourth-order valence-corrected chi connectivity index (χ4v) is 2.38. The molecule has 0 bridgehead atoms. The van der Waals surface area contributed by atoms with Crippen molar-refractivity contribution in [3.63, 3.8) is 0 Å². The predicted octanol–water partition coefficient (Wildman–Crippen LogP) is 0.955. The van der Waals surface area contributed by atoms with Crippen LogP contribution in [-0.4, -0.2) is 86.8 Å². The Kier molecular flexibility index (Phi) is 14.9. The standard InChI is InChI=1S/C19H31NO9S/c1-30(22,23)29-16-15-27-14-13-26-12-11-25-10-9-24-8-7-20-19(21)28-17-18-5-3-2-4-6-18/h2-6H,7-17H2,1H3,(H,20,21). The molecule has 1 aromatic rings. The molecule has 0 aliphatic carbocycles. The molecule has 1 N–H and O–H groups in total. The highest BCUT2D eigenvalue weighted by Crippen LogP contribution is 2.00. The van der Waals surface area contributed by atoms with E-state index >= 15 is 0 Å². The smallest absolute Gasteiger partial charge is 0.407 e. The van der Waals surface area contributed by atoms with E-state index in [9.17, 15) is 13.2 Å². The summed E-state index contributed by atoms with van der Waals surface area (Å²) in [6, 6.07) is 9.44. The fourth-order valence-electron chi connectivity index (χ4n) is 2.01. The molecule has 0 fully saturated rings. The van der Waals surface area contributed by atoms with Gasteiger partial charge in [-0.1, -0.05) is 30.3 Å². The lowest BCUT2D eigenvalue weighted by Gasteiger charge is -2.09. The van der Waals surface area contributed by atoms with E-state index in [2.05, 4.69) is 9.50 Å². The zero-order valence-electron chi connectivity index (χ0n) is 17.2. The minimum absolute atomic E-state index is 0.00760. The van der Waals surface area contributed by atoms with E-state index in [-0.39, 0.29) is 19.8 Å². The van der Waals surface area contributed by atoms with Crippen molar-refractivity contribution >= 4 is 16.2 Å². The Hall–Kier alpha value is -1.76. The molecule has 0 saturated heterocycles. The molecule has 10 nitrogen and oxygen atoms in total. The molecule has 11 heteroatoms. The highest BCUT2D eigenvalue weighted by atomic mass is 32.2. The zero-order valence-corrected chi connectivity index (χ0v) is 18.1. The van der Waals surface area contributed by atoms with Crippen LogP contribution in [0, 0.1) is 0 Å². The lowest BCUT2D eigenvalue weighted by Crippen LogP contribution is -2.28. The summed E-state index contributed by atoms with van der Waals surface area (Å²) >= 11 is 0. The first-order chi connectivity index (χ1) is 14.5. The summed E-state index contributed by atoms with van der Waals surface area (Å²) in [7, 11) is -3.42. The van der Waals surface area contributed by atoms with Crippen LogP contribution in [0.4, 0.5) is 4.79 Å². The van der Waals surface area contributed by atoms with Crippen molar-refractivity contribution in [2.75, 3.05) is 72.3 Å². The van der Waals surface area contributed by atoms with Crippen LogP contribution >= 0.6 is 0 Å². The monoisotopic (exact) mass is 449 g/mol. The third kappa shape index (κ3) is 17.1. The van der Waals surface area contributed by atoms with Gasteiger partial charge in [-0.3, -0.25) is 4.18 Å². The third-order valence-corrected chi connectivity index (χ3v) is 3.96. The highest BCUT2D eigenvalue weighted by Gasteiger charge is 2.02. The predicted molar refractivity (Wildman–Crippen MR) is 109 cm³/mol. The first kappa shape index (κ1) is 26.3. The highest BCUT2D eigenvalue weighted by molar-refractivity contribution is 7.85. The van der Waals surface area contributed by atoms with Crippen molar-refractivity contribution < 1.29 is 41.1 Å². The molecule has 0 radical (unpaired) electrons. The summed E-state index contributed by atoms with van der Waals surface area (Å²) < 4.78 is 52.2. The summed E-state index contributed by atoms with van der Waals surface area (Å²) in [6.45, 7) is 3.51. The minimum atomic E-state index is -3.42. The molecule has 0 aliphatic rings. The average Bonchev–Trinajstić information content (AvgIpc) is 2.72. The van der Waals surface area contributed by atoms with E-state index < -0.39 is 16.2 Å². The van der Waals surface area contributed by atoms with Gasteiger partial charge in [-0.05, 0) is 5.56 Å². The lowest BCUT2D eigenvalue weighted by atomic mass is 10.2. The maximum absolute atomic E-state index is 11.5. The summed E-state index contributed by atoms with van der Waals surface area (Å²) in [5, 5.41) is 2.61. The maximum Gasteiger partial charge on any atom is 0.407 e. The summed E-state index contributed by atoms with van der Waals surface area (Å²) in [4.78, 5) is 11.5. The number of hydrogen-bond acceptors (Lipinski definition) is 9. The summed E-state index contributed by atoms with van der Waals surface area (Å²) in [5.74, 6) is 0. The van der Waals surface area contributed by atoms with Gasteiger partial charge in [0, 0.05) is 6.54 Å². The molecule has 0 unspecified atom stereocenters. The number of alkyl carbamates (subject to hydrolysis) is 1. The zero-order chi connectivity index (χ0) is 21.9. The Morgan fingerprint density at radius 1 is 0.800 bits per heavy atom. The second-order valence-electron chi connectivity index (χ2n) is 5.96. The van der Waals surface area contributed by atoms with Gasteiger partial charge in [-0.25, -0.2) is 4.79 Å². The third-order valence-electron chi connectivity index (χ3n) is 3.37. The van der Waals surface area contributed by atoms with E-state index in [0.717, 1.165) is 11.8 Å². The molecular weight excluding hydrogens is 418 g/mol. The van der Waals surface area contributed by atoms with Crippen molar-refractivity contribution in [1.29, 1.82) is 0 Å². The quantitative estimate of drug-likeness (QED) is 0.258. The second kappa shape index (κ2) is 17.0. The van der Waals surface area contributed by atoms with Crippen LogP contribution in [0.5, 0.6) is 0 Å². The number of hydrogen-bond donors (Lipinski definition) is 1. The van der Waals surface area contributed by atoms with Gasteiger partial charge in [0.25, 0.3) is 10.1 Å². The Balaban J connectivity index is 1.77. The van der Waals surface area contributed by atoms with Crippen LogP contribution in [0.2, 0.25) is 0 Å². The molecular formula is C19H31NO9S. The first-order valence-corrected chi connectivity index (χ1v) is 11.4. The molecule has 0 atom stereocenters. The van der Waals surface area contributed by atoms with Crippen molar-refractivity contribution in [3.8, 4) is 0 Å². The van der Waals surface area contributed by atoms with E-state index in [1.165, 1.54) is 0 Å². The minimum Gasteiger partial charge on any atom is -0.445 e. The van der Waals surface area contributed by atoms with Crippen LogP contribution in [0.3, 0.4) is 0 Å². The number of rotatable bonds is 18. The number of amides is 1. The van der Waals surface area contributed by atoms with Gasteiger partial charge >= 0.3 is 6.09 Å². The second-order valence-corrected chi connectivity index (χ2v) is 7.61. The normalized spacial score (nSPS) is 11.4. The molecule has 1 aromatic carbocycles. The van der Waals surface area contributed by atoms with Crippen LogP contribution in [-0.2, 0) is 44.6 Å². The largest absolute Gasteiger partial charge is 0.445 e. The van der Waals surface area contributed by atoms with Gasteiger partial charge in [-0.15, -0.1) is 0 Å². The molecule has 0 spiro atoms. The van der Waals surface area contributed by atoms with Crippen LogP contribution in [0.25, 0.3) is 0 Å². The van der Waals surface area contributed by atoms with Crippen molar-refractivity contribution in [2.24, 2.45) is 0 Å². The van der Waals surface area contributed by atoms with E-state index in [1.54, 1.807) is 0 Å². The Morgan fingerprint density at radius 3 is 1.83 bits per heavy atom. The van der Waals surface area contributed by atoms with Gasteiger partial charge < -0.3 is 29.0 Å². The number of benzene rings is 1. The molecule has 0 saturated carbocycles. The van der Waals surface area contributed by atoms with Crippen LogP contribution < -0.4 is 5.32 Å². The Bertz CT molecular complexity index is 655. The number of carbonyl (C=O) groups excluding carboxylic acids is 1.